The highest BCUT2D eigenvalue weighted by molar-refractivity contribution is 7.81. The van der Waals surface area contributed by atoms with Gasteiger partial charge in [-0.25, -0.2) is 0 Å². The van der Waals surface area contributed by atoms with E-state index in [-0.39, 0.29) is 43.9 Å². The molecule has 0 aliphatic rings. The van der Waals surface area contributed by atoms with Crippen LogP contribution >= 0.6 is 25.3 Å². The maximum atomic E-state index is 14.4. The van der Waals surface area contributed by atoms with E-state index in [0.717, 1.165) is 16.5 Å². The fourth-order valence-electron chi connectivity index (χ4n) is 6.60. The fourth-order valence-corrected chi connectivity index (χ4v) is 7.04. The first kappa shape index (κ1) is 53.5. The summed E-state index contributed by atoms with van der Waals surface area (Å²) in [6.07, 6.45) is -1.21. The number of aliphatic hydroxyl groups excluding tert-OH is 2. The molecule has 1 aromatic heterocycles. The lowest BCUT2D eigenvalue weighted by Crippen LogP contribution is -2.64. The molecule has 23 heteroatoms. The quantitative estimate of drug-likeness (QED) is 0.0177. The average molecular weight is 943 g/mol. The molecule has 0 spiro atoms. The molecule has 0 radical (unpaired) electrons. The van der Waals surface area contributed by atoms with Gasteiger partial charge in [0, 0.05) is 40.6 Å². The molecule has 3 rings (SSSR count). The Labute approximate surface area is 387 Å². The van der Waals surface area contributed by atoms with Crippen LogP contribution in [0.1, 0.15) is 51.7 Å². The van der Waals surface area contributed by atoms with Crippen molar-refractivity contribution in [1.29, 1.82) is 0 Å². The Bertz CT molecular complexity index is 2140. The van der Waals surface area contributed by atoms with E-state index < -0.39 is 101 Å². The molecule has 1 heterocycles. The minimum atomic E-state index is -1.73. The SMILES string of the molecule is C[C@@H](O)[C@H](NC(=O)[C@@H](NC(=O)[C@@H](NC(=O)[C@H](CCCN=C(N)N)NC(=O)[C@H](Cc1c[nH]c2ccccc12)NC(=O)[C@H](CS)NC(=O)[C@H](N)Cc1ccccc1)[C@@H](C)O)C(C)(C)S)C(N)=O. The van der Waals surface area contributed by atoms with Gasteiger partial charge in [0.05, 0.1) is 18.2 Å². The van der Waals surface area contributed by atoms with Crippen molar-refractivity contribution < 1.29 is 43.8 Å². The molecule has 0 bridgehead atoms. The number of aromatic amines is 1. The monoisotopic (exact) mass is 942 g/mol. The Morgan fingerprint density at radius 2 is 1.26 bits per heavy atom. The molecular weight excluding hydrogens is 881 g/mol. The summed E-state index contributed by atoms with van der Waals surface area (Å²) >= 11 is 8.71. The van der Waals surface area contributed by atoms with Crippen LogP contribution in [0, 0.1) is 0 Å². The van der Waals surface area contributed by atoms with E-state index >= 15 is 0 Å². The van der Waals surface area contributed by atoms with Crippen molar-refractivity contribution in [2.24, 2.45) is 27.9 Å². The van der Waals surface area contributed by atoms with Crippen molar-refractivity contribution >= 4 is 83.5 Å². The fraction of sp³-hybridized carbons (Fsp3) is 0.476. The zero-order valence-electron chi connectivity index (χ0n) is 36.6. The van der Waals surface area contributed by atoms with Gasteiger partial charge in [0.15, 0.2) is 5.96 Å². The number of carbonyl (C=O) groups excluding carboxylic acids is 7. The van der Waals surface area contributed by atoms with Gasteiger partial charge in [0.2, 0.25) is 41.4 Å². The van der Waals surface area contributed by atoms with Gasteiger partial charge in [0.25, 0.3) is 0 Å². The van der Waals surface area contributed by atoms with Gasteiger partial charge in [-0.15, -0.1) is 0 Å². The number of fused-ring (bicyclic) bond motifs is 1. The normalized spacial score (nSPS) is 15.6. The first-order valence-electron chi connectivity index (χ1n) is 20.7. The maximum Gasteiger partial charge on any atom is 0.245 e. The van der Waals surface area contributed by atoms with Crippen molar-refractivity contribution in [3.8, 4) is 0 Å². The number of nitrogens with zero attached hydrogens (tertiary/aromatic N) is 1. The largest absolute Gasteiger partial charge is 0.391 e. The van der Waals surface area contributed by atoms with Crippen LogP contribution in [-0.4, -0.2) is 134 Å². The number of amides is 7. The second kappa shape index (κ2) is 25.0. The number of hydrogen-bond donors (Lipinski definition) is 15. The standard InChI is InChI=1S/C42H62N12O9S2/c1-21(55)31(34(44)57)52-40(63)33(42(3,4)65)54-39(62)32(22(2)56)53-36(59)28(15-10-16-47-41(45)46)49-37(60)29(18-24-19-48-27-14-9-8-13-25(24)27)50-38(61)30(20-64)51-35(58)26(43)17-23-11-6-5-7-12-23/h5-9,11-14,19,21-22,26,28-33,48,55-56,64-65H,10,15-18,20,43H2,1-4H3,(H2,44,57)(H,49,60)(H,50,61)(H,51,58)(H,52,63)(H,53,59)(H,54,62)(H4,45,46,47)/t21-,22-,26-,28+,29+,30+,31+,32+,33-/m1/s1. The number of primary amides is 1. The van der Waals surface area contributed by atoms with E-state index in [1.165, 1.54) is 27.7 Å². The second-order valence-corrected chi connectivity index (χ2v) is 17.6. The van der Waals surface area contributed by atoms with E-state index in [1.54, 1.807) is 24.4 Å². The van der Waals surface area contributed by atoms with Crippen LogP contribution in [0.15, 0.2) is 65.8 Å². The highest BCUT2D eigenvalue weighted by Crippen LogP contribution is 2.21. The number of benzene rings is 2. The predicted octanol–water partition coefficient (Wildman–Crippen LogP) is -2.87. The van der Waals surface area contributed by atoms with Gasteiger partial charge < -0.3 is 70.0 Å². The van der Waals surface area contributed by atoms with Crippen molar-refractivity contribution in [2.45, 2.75) is 113 Å². The molecule has 0 fully saturated rings. The minimum absolute atomic E-state index is 0.0279. The maximum absolute atomic E-state index is 14.4. The number of guanidine groups is 1. The Kier molecular flexibility index (Phi) is 20.5. The summed E-state index contributed by atoms with van der Waals surface area (Å²) < 4.78 is -1.32. The van der Waals surface area contributed by atoms with Crippen LogP contribution in [0.25, 0.3) is 10.9 Å². The smallest absolute Gasteiger partial charge is 0.245 e. The van der Waals surface area contributed by atoms with Crippen LogP contribution < -0.4 is 54.8 Å². The van der Waals surface area contributed by atoms with Crippen LogP contribution in [0.2, 0.25) is 0 Å². The van der Waals surface area contributed by atoms with E-state index in [4.69, 9.17) is 22.9 Å². The van der Waals surface area contributed by atoms with Crippen LogP contribution in [0.4, 0.5) is 0 Å². The number of aliphatic imine (C=N–C) groups is 1. The summed E-state index contributed by atoms with van der Waals surface area (Å²) in [6, 6.07) is 6.47. The highest BCUT2D eigenvalue weighted by Gasteiger charge is 2.40. The van der Waals surface area contributed by atoms with Crippen molar-refractivity contribution in [3.05, 3.63) is 71.9 Å². The van der Waals surface area contributed by atoms with Crippen molar-refractivity contribution in [2.75, 3.05) is 12.3 Å². The molecule has 0 saturated carbocycles. The van der Waals surface area contributed by atoms with Gasteiger partial charge in [-0.2, -0.15) is 25.3 Å². The molecule has 3 aromatic rings. The molecule has 0 unspecified atom stereocenters. The molecule has 2 aromatic carbocycles. The van der Waals surface area contributed by atoms with E-state index in [0.29, 0.717) is 5.56 Å². The van der Waals surface area contributed by atoms with Crippen molar-refractivity contribution in [1.82, 2.24) is 36.9 Å². The lowest BCUT2D eigenvalue weighted by molar-refractivity contribution is -0.137. The average Bonchev–Trinajstić information content (AvgIpc) is 3.65. The Balaban J connectivity index is 1.92. The minimum Gasteiger partial charge on any atom is -0.391 e. The van der Waals surface area contributed by atoms with Gasteiger partial charge in [0.1, 0.15) is 36.3 Å². The number of para-hydroxylation sites is 1. The molecule has 356 valence electrons. The molecule has 7 amide bonds. The number of H-pyrrole nitrogens is 1. The number of aliphatic hydroxyl groups is 2. The number of rotatable bonds is 25. The highest BCUT2D eigenvalue weighted by atomic mass is 32.1. The van der Waals surface area contributed by atoms with E-state index in [1.807, 2.05) is 36.4 Å². The van der Waals surface area contributed by atoms with Gasteiger partial charge >= 0.3 is 0 Å². The molecule has 17 N–H and O–H groups in total. The van der Waals surface area contributed by atoms with E-state index in [2.05, 4.69) is 67.1 Å². The first-order chi connectivity index (χ1) is 30.5. The summed E-state index contributed by atoms with van der Waals surface area (Å²) in [5.41, 5.74) is 24.7. The lowest BCUT2D eigenvalue weighted by atomic mass is 9.99. The number of nitrogens with one attached hydrogen (secondary N) is 7. The summed E-state index contributed by atoms with van der Waals surface area (Å²) in [5, 5.41) is 36.6. The third-order valence-corrected chi connectivity index (χ3v) is 10.8. The number of hydrogen-bond acceptors (Lipinski definition) is 13. The topological polar surface area (TPSA) is 364 Å². The summed E-state index contributed by atoms with van der Waals surface area (Å²) in [5.74, 6) is -6.66. The van der Waals surface area contributed by atoms with Gasteiger partial charge in [-0.3, -0.25) is 38.6 Å². The molecule has 9 atom stereocenters. The third-order valence-electron chi connectivity index (χ3n) is 10.2. The zero-order chi connectivity index (χ0) is 48.6. The Morgan fingerprint density at radius 3 is 1.85 bits per heavy atom. The zero-order valence-corrected chi connectivity index (χ0v) is 38.4. The van der Waals surface area contributed by atoms with Gasteiger partial charge in [-0.1, -0.05) is 48.5 Å². The first-order valence-corrected chi connectivity index (χ1v) is 21.8. The number of carbonyl (C=O) groups is 7. The lowest BCUT2D eigenvalue weighted by Gasteiger charge is -2.33. The predicted molar refractivity (Wildman–Crippen MR) is 251 cm³/mol. The van der Waals surface area contributed by atoms with Crippen LogP contribution in [0.5, 0.6) is 0 Å². The Morgan fingerprint density at radius 1 is 0.708 bits per heavy atom. The van der Waals surface area contributed by atoms with Crippen LogP contribution in [-0.2, 0) is 46.4 Å². The second-order valence-electron chi connectivity index (χ2n) is 16.1. The molecule has 21 nitrogen and oxygen atoms in total. The molecule has 0 aliphatic heterocycles. The van der Waals surface area contributed by atoms with Gasteiger partial charge in [-0.05, 0) is 64.2 Å². The molecule has 0 aliphatic carbocycles. The molecule has 65 heavy (non-hydrogen) atoms. The number of nitrogens with two attached hydrogens (primary N) is 4. The molecule has 0 saturated heterocycles. The summed E-state index contributed by atoms with van der Waals surface area (Å²) in [7, 11) is 0. The Hall–Kier alpha value is -5.88. The van der Waals surface area contributed by atoms with Crippen LogP contribution in [0.3, 0.4) is 0 Å². The number of thiol groups is 2. The van der Waals surface area contributed by atoms with Crippen molar-refractivity contribution in [3.63, 3.8) is 0 Å². The summed E-state index contributed by atoms with van der Waals surface area (Å²) in [4.78, 5) is 102. The third kappa shape index (κ3) is 16.6. The van der Waals surface area contributed by atoms with E-state index in [9.17, 15) is 43.8 Å². The molecular formula is C42H62N12O9S2. The summed E-state index contributed by atoms with van der Waals surface area (Å²) in [6.45, 7) is 5.40. The number of aromatic nitrogens is 1.